The number of rotatable bonds is 6. The Kier molecular flexibility index (Phi) is 5.70. The molecule has 2 saturated heterocycles. The summed E-state index contributed by atoms with van der Waals surface area (Å²) in [5, 5.41) is 10.2. The predicted molar refractivity (Wildman–Crippen MR) is 88.2 cm³/mol. The van der Waals surface area contributed by atoms with E-state index in [1.165, 1.54) is 38.8 Å². The van der Waals surface area contributed by atoms with Gasteiger partial charge >= 0.3 is 0 Å². The second-order valence-corrected chi connectivity index (χ2v) is 6.58. The second-order valence-electron chi connectivity index (χ2n) is 6.58. The average Bonchev–Trinajstić information content (AvgIpc) is 3.09. The lowest BCUT2D eigenvalue weighted by Crippen LogP contribution is -2.49. The van der Waals surface area contributed by atoms with E-state index < -0.39 is 6.10 Å². The minimum atomic E-state index is -0.419. The number of nitrogens with zero attached hydrogens (tertiary/aromatic N) is 2. The third-order valence-electron chi connectivity index (χ3n) is 4.79. The quantitative estimate of drug-likeness (QED) is 0.872. The van der Waals surface area contributed by atoms with Crippen LogP contribution in [0.3, 0.4) is 0 Å². The molecule has 0 unspecified atom stereocenters. The molecule has 2 aliphatic rings. The highest BCUT2D eigenvalue weighted by Gasteiger charge is 2.27. The number of ether oxygens (including phenoxy) is 1. The molecule has 22 heavy (non-hydrogen) atoms. The third-order valence-corrected chi connectivity index (χ3v) is 4.79. The number of aliphatic hydroxyl groups is 1. The van der Waals surface area contributed by atoms with Crippen LogP contribution in [0.25, 0.3) is 0 Å². The van der Waals surface area contributed by atoms with Crippen molar-refractivity contribution in [3.8, 4) is 5.75 Å². The molecular weight excluding hydrogens is 276 g/mol. The van der Waals surface area contributed by atoms with Crippen LogP contribution in [0.4, 0.5) is 0 Å². The van der Waals surface area contributed by atoms with Crippen LogP contribution in [0.5, 0.6) is 5.75 Å². The van der Waals surface area contributed by atoms with Gasteiger partial charge in [-0.2, -0.15) is 0 Å². The molecule has 0 bridgehead atoms. The van der Waals surface area contributed by atoms with Gasteiger partial charge < -0.3 is 9.84 Å². The molecule has 4 heteroatoms. The van der Waals surface area contributed by atoms with Crippen molar-refractivity contribution in [3.05, 3.63) is 30.3 Å². The first-order chi connectivity index (χ1) is 10.8. The molecule has 0 spiro atoms. The van der Waals surface area contributed by atoms with Gasteiger partial charge in [-0.3, -0.25) is 9.80 Å². The van der Waals surface area contributed by atoms with Crippen LogP contribution < -0.4 is 4.74 Å². The first-order valence-corrected chi connectivity index (χ1v) is 8.63. The van der Waals surface area contributed by atoms with E-state index in [1.54, 1.807) is 0 Å². The van der Waals surface area contributed by atoms with Gasteiger partial charge in [-0.1, -0.05) is 18.2 Å². The predicted octanol–water partition coefficient (Wildman–Crippen LogP) is 1.99. The second kappa shape index (κ2) is 7.95. The average molecular weight is 304 g/mol. The summed E-state index contributed by atoms with van der Waals surface area (Å²) < 4.78 is 5.65. The van der Waals surface area contributed by atoms with Crippen LogP contribution in [0.15, 0.2) is 30.3 Å². The molecule has 0 saturated carbocycles. The normalized spacial score (nSPS) is 25.2. The topological polar surface area (TPSA) is 35.9 Å². The summed E-state index contributed by atoms with van der Waals surface area (Å²) in [4.78, 5) is 5.05. The van der Waals surface area contributed by atoms with E-state index in [0.717, 1.165) is 25.4 Å². The number of para-hydroxylation sites is 1. The van der Waals surface area contributed by atoms with Gasteiger partial charge in [0, 0.05) is 19.1 Å². The van der Waals surface area contributed by atoms with Gasteiger partial charge in [-0.25, -0.2) is 0 Å². The molecule has 1 aromatic rings. The smallest absolute Gasteiger partial charge is 0.119 e. The lowest BCUT2D eigenvalue weighted by atomic mass is 10.0. The molecule has 0 radical (unpaired) electrons. The van der Waals surface area contributed by atoms with Gasteiger partial charge in [-0.05, 0) is 57.5 Å². The zero-order valence-electron chi connectivity index (χ0n) is 13.4. The van der Waals surface area contributed by atoms with E-state index in [0.29, 0.717) is 12.6 Å². The largest absolute Gasteiger partial charge is 0.491 e. The molecule has 0 aliphatic carbocycles. The Morgan fingerprint density at radius 2 is 1.86 bits per heavy atom. The van der Waals surface area contributed by atoms with E-state index in [2.05, 4.69) is 9.80 Å². The maximum Gasteiger partial charge on any atom is 0.119 e. The lowest BCUT2D eigenvalue weighted by Gasteiger charge is -2.38. The highest BCUT2D eigenvalue weighted by Crippen LogP contribution is 2.20. The third kappa shape index (κ3) is 4.45. The summed E-state index contributed by atoms with van der Waals surface area (Å²) >= 11 is 0. The monoisotopic (exact) mass is 304 g/mol. The van der Waals surface area contributed by atoms with Gasteiger partial charge in [-0.15, -0.1) is 0 Å². The van der Waals surface area contributed by atoms with Crippen LogP contribution in [0, 0.1) is 0 Å². The fourth-order valence-electron chi connectivity index (χ4n) is 3.66. The molecular formula is C18H28N2O2. The van der Waals surface area contributed by atoms with Crippen LogP contribution >= 0.6 is 0 Å². The summed E-state index contributed by atoms with van der Waals surface area (Å²) in [6.45, 7) is 5.82. The molecule has 0 amide bonds. The van der Waals surface area contributed by atoms with Gasteiger partial charge in [0.15, 0.2) is 0 Å². The van der Waals surface area contributed by atoms with Crippen molar-refractivity contribution >= 4 is 0 Å². The van der Waals surface area contributed by atoms with E-state index in [1.807, 2.05) is 30.3 Å². The highest BCUT2D eigenvalue weighted by atomic mass is 16.5. The molecule has 2 heterocycles. The summed E-state index contributed by atoms with van der Waals surface area (Å²) in [6.07, 6.45) is 4.84. The van der Waals surface area contributed by atoms with Crippen molar-refractivity contribution in [1.82, 2.24) is 9.80 Å². The van der Waals surface area contributed by atoms with Crippen molar-refractivity contribution in [3.63, 3.8) is 0 Å². The lowest BCUT2D eigenvalue weighted by molar-refractivity contribution is 0.0416. The molecule has 1 aromatic carbocycles. The Morgan fingerprint density at radius 1 is 1.09 bits per heavy atom. The molecule has 0 aromatic heterocycles. The molecule has 122 valence electrons. The number of β-amino-alcohol motifs (C(OH)–C–C–N with tert-alkyl or cyclic N) is 1. The number of benzene rings is 1. The van der Waals surface area contributed by atoms with Gasteiger partial charge in [0.1, 0.15) is 18.5 Å². The Labute approximate surface area is 133 Å². The minimum Gasteiger partial charge on any atom is -0.491 e. The minimum absolute atomic E-state index is 0.370. The van der Waals surface area contributed by atoms with Crippen molar-refractivity contribution in [2.24, 2.45) is 0 Å². The Hall–Kier alpha value is -1.10. The highest BCUT2D eigenvalue weighted by molar-refractivity contribution is 5.20. The molecule has 1 N–H and O–H groups in total. The number of likely N-dealkylation sites (tertiary alicyclic amines) is 2. The SMILES string of the molecule is O[C@@H](COc1ccccc1)CN1CCC[C@@H](N2CCCC2)C1. The first-order valence-electron chi connectivity index (χ1n) is 8.63. The van der Waals surface area contributed by atoms with Gasteiger partial charge in [0.2, 0.25) is 0 Å². The van der Waals surface area contributed by atoms with Crippen LogP contribution in [-0.4, -0.2) is 66.4 Å². The molecule has 2 atom stereocenters. The molecule has 3 rings (SSSR count). The van der Waals surface area contributed by atoms with Crippen LogP contribution in [0.1, 0.15) is 25.7 Å². The Balaban J connectivity index is 1.41. The van der Waals surface area contributed by atoms with E-state index in [-0.39, 0.29) is 0 Å². The number of hydrogen-bond acceptors (Lipinski definition) is 4. The van der Waals surface area contributed by atoms with Crippen molar-refractivity contribution < 1.29 is 9.84 Å². The van der Waals surface area contributed by atoms with E-state index >= 15 is 0 Å². The zero-order chi connectivity index (χ0) is 15.2. The number of piperidine rings is 1. The van der Waals surface area contributed by atoms with Gasteiger partial charge in [0.05, 0.1) is 0 Å². The van der Waals surface area contributed by atoms with Crippen molar-refractivity contribution in [1.29, 1.82) is 0 Å². The van der Waals surface area contributed by atoms with Crippen LogP contribution in [0.2, 0.25) is 0 Å². The molecule has 4 nitrogen and oxygen atoms in total. The summed E-state index contributed by atoms with van der Waals surface area (Å²) in [5.74, 6) is 0.829. The zero-order valence-corrected chi connectivity index (χ0v) is 13.4. The van der Waals surface area contributed by atoms with Crippen molar-refractivity contribution in [2.45, 2.75) is 37.8 Å². The maximum absolute atomic E-state index is 10.2. The summed E-state index contributed by atoms with van der Waals surface area (Å²) in [5.41, 5.74) is 0. The number of aliphatic hydroxyl groups excluding tert-OH is 1. The van der Waals surface area contributed by atoms with Gasteiger partial charge in [0.25, 0.3) is 0 Å². The number of hydrogen-bond donors (Lipinski definition) is 1. The standard InChI is InChI=1S/C18H28N2O2/c21-17(15-22-18-8-2-1-3-9-18)14-19-10-6-7-16(13-19)20-11-4-5-12-20/h1-3,8-9,16-17,21H,4-7,10-15H2/t16-,17-/m1/s1. The Bertz CT molecular complexity index is 434. The molecule has 2 aliphatic heterocycles. The maximum atomic E-state index is 10.2. The van der Waals surface area contributed by atoms with Crippen molar-refractivity contribution in [2.75, 3.05) is 39.3 Å². The van der Waals surface area contributed by atoms with E-state index in [9.17, 15) is 5.11 Å². The first kappa shape index (κ1) is 15.8. The summed E-state index contributed by atoms with van der Waals surface area (Å²) in [7, 11) is 0. The summed E-state index contributed by atoms with van der Waals surface area (Å²) in [6, 6.07) is 10.4. The fourth-order valence-corrected chi connectivity index (χ4v) is 3.66. The van der Waals surface area contributed by atoms with Crippen LogP contribution in [-0.2, 0) is 0 Å². The van der Waals surface area contributed by atoms with E-state index in [4.69, 9.17) is 4.74 Å². The molecule has 2 fully saturated rings. The Morgan fingerprint density at radius 3 is 2.64 bits per heavy atom. The fraction of sp³-hybridized carbons (Fsp3) is 0.667.